The maximum atomic E-state index is 10.9. The standard InChI is InChI=1S/C20H29N3O/c1-8-14(18-22-11-21-12-23-18)13-9-15(19(2,3)4)17(24)16(10-13)20(5,6)7/h9-12,14,24H,8H2,1-7H3. The minimum absolute atomic E-state index is 0.0933. The van der Waals surface area contributed by atoms with Crippen LogP contribution in [-0.4, -0.2) is 20.1 Å². The molecule has 0 spiro atoms. The van der Waals surface area contributed by atoms with Crippen molar-refractivity contribution in [3.05, 3.63) is 47.3 Å². The molecule has 0 saturated carbocycles. The van der Waals surface area contributed by atoms with Crippen molar-refractivity contribution >= 4 is 0 Å². The Kier molecular flexibility index (Phi) is 4.97. The van der Waals surface area contributed by atoms with Crippen molar-refractivity contribution in [1.82, 2.24) is 15.0 Å². The maximum Gasteiger partial charge on any atom is 0.139 e. The molecule has 0 fully saturated rings. The average Bonchev–Trinajstić information content (AvgIpc) is 2.48. The highest BCUT2D eigenvalue weighted by Crippen LogP contribution is 2.42. The van der Waals surface area contributed by atoms with Gasteiger partial charge in [-0.2, -0.15) is 0 Å². The number of hydrogen-bond acceptors (Lipinski definition) is 4. The molecule has 24 heavy (non-hydrogen) atoms. The van der Waals surface area contributed by atoms with Crippen molar-refractivity contribution in [1.29, 1.82) is 0 Å². The van der Waals surface area contributed by atoms with Crippen LogP contribution in [0.3, 0.4) is 0 Å². The molecule has 0 amide bonds. The highest BCUT2D eigenvalue weighted by molar-refractivity contribution is 5.51. The molecule has 1 heterocycles. The van der Waals surface area contributed by atoms with Crippen LogP contribution >= 0.6 is 0 Å². The molecule has 1 aromatic carbocycles. The normalized spacial score (nSPS) is 13.8. The smallest absolute Gasteiger partial charge is 0.139 e. The van der Waals surface area contributed by atoms with Crippen LogP contribution in [0.1, 0.15) is 83.3 Å². The van der Waals surface area contributed by atoms with E-state index in [2.05, 4.69) is 75.6 Å². The summed E-state index contributed by atoms with van der Waals surface area (Å²) >= 11 is 0. The lowest BCUT2D eigenvalue weighted by Crippen LogP contribution is -2.19. The molecule has 0 saturated heterocycles. The Hall–Kier alpha value is -1.97. The monoisotopic (exact) mass is 327 g/mol. The van der Waals surface area contributed by atoms with E-state index in [0.29, 0.717) is 5.75 Å². The van der Waals surface area contributed by atoms with Gasteiger partial charge in [0.2, 0.25) is 0 Å². The summed E-state index contributed by atoms with van der Waals surface area (Å²) in [5.74, 6) is 1.28. The number of aromatic nitrogens is 3. The first-order chi connectivity index (χ1) is 11.1. The summed E-state index contributed by atoms with van der Waals surface area (Å²) in [6.07, 6.45) is 3.98. The first-order valence-electron chi connectivity index (χ1n) is 8.55. The zero-order valence-electron chi connectivity index (χ0n) is 15.9. The van der Waals surface area contributed by atoms with E-state index in [-0.39, 0.29) is 16.7 Å². The summed E-state index contributed by atoms with van der Waals surface area (Å²) in [5, 5.41) is 10.9. The van der Waals surface area contributed by atoms with Gasteiger partial charge in [-0.25, -0.2) is 15.0 Å². The second-order valence-corrected chi connectivity index (χ2v) is 8.42. The molecule has 2 aromatic rings. The van der Waals surface area contributed by atoms with Gasteiger partial charge in [0.25, 0.3) is 0 Å². The Labute approximate surface area is 145 Å². The molecule has 0 aliphatic heterocycles. The Morgan fingerprint density at radius 3 is 1.75 bits per heavy atom. The van der Waals surface area contributed by atoms with Crippen LogP contribution in [0.5, 0.6) is 5.75 Å². The lowest BCUT2D eigenvalue weighted by atomic mass is 9.76. The van der Waals surface area contributed by atoms with Crippen LogP contribution in [0.15, 0.2) is 24.8 Å². The molecule has 0 aliphatic carbocycles. The Bertz CT molecular complexity index is 662. The molecular weight excluding hydrogens is 298 g/mol. The summed E-state index contributed by atoms with van der Waals surface area (Å²) in [5.41, 5.74) is 2.81. The van der Waals surface area contributed by atoms with Crippen LogP contribution < -0.4 is 0 Å². The molecule has 0 bridgehead atoms. The highest BCUT2D eigenvalue weighted by atomic mass is 16.3. The van der Waals surface area contributed by atoms with E-state index in [9.17, 15) is 5.11 Å². The van der Waals surface area contributed by atoms with Crippen molar-refractivity contribution in [3.63, 3.8) is 0 Å². The van der Waals surface area contributed by atoms with Gasteiger partial charge in [-0.15, -0.1) is 0 Å². The number of hydrogen-bond donors (Lipinski definition) is 1. The summed E-state index contributed by atoms with van der Waals surface area (Å²) in [7, 11) is 0. The molecule has 130 valence electrons. The third-order valence-corrected chi connectivity index (χ3v) is 4.38. The minimum atomic E-state index is -0.141. The first-order valence-corrected chi connectivity index (χ1v) is 8.55. The fourth-order valence-corrected chi connectivity index (χ4v) is 3.00. The zero-order valence-corrected chi connectivity index (χ0v) is 15.9. The SMILES string of the molecule is CCC(c1cc(C(C)(C)C)c(O)c(C(C)(C)C)c1)c1ncncn1. The topological polar surface area (TPSA) is 58.9 Å². The first kappa shape index (κ1) is 18.4. The van der Waals surface area contributed by atoms with Crippen molar-refractivity contribution in [2.24, 2.45) is 0 Å². The molecule has 2 rings (SSSR count). The highest BCUT2D eigenvalue weighted by Gasteiger charge is 2.28. The van der Waals surface area contributed by atoms with Crippen molar-refractivity contribution in [2.75, 3.05) is 0 Å². The average molecular weight is 327 g/mol. The van der Waals surface area contributed by atoms with E-state index in [1.807, 2.05) is 0 Å². The predicted molar refractivity (Wildman–Crippen MR) is 97.5 cm³/mol. The number of aromatic hydroxyl groups is 1. The summed E-state index contributed by atoms with van der Waals surface area (Å²) in [6, 6.07) is 4.23. The van der Waals surface area contributed by atoms with E-state index in [4.69, 9.17) is 0 Å². The van der Waals surface area contributed by atoms with Gasteiger partial charge in [0.05, 0.1) is 0 Å². The van der Waals surface area contributed by atoms with E-state index < -0.39 is 0 Å². The minimum Gasteiger partial charge on any atom is -0.507 e. The molecule has 1 atom stereocenters. The Balaban J connectivity index is 2.70. The van der Waals surface area contributed by atoms with Gasteiger partial charge >= 0.3 is 0 Å². The molecule has 4 heteroatoms. The second kappa shape index (κ2) is 6.50. The third kappa shape index (κ3) is 3.74. The summed E-state index contributed by atoms with van der Waals surface area (Å²) in [4.78, 5) is 12.6. The van der Waals surface area contributed by atoms with Gasteiger partial charge in [-0.05, 0) is 33.9 Å². The third-order valence-electron chi connectivity index (χ3n) is 4.38. The Morgan fingerprint density at radius 2 is 1.38 bits per heavy atom. The van der Waals surface area contributed by atoms with Gasteiger partial charge in [0, 0.05) is 5.92 Å². The number of benzene rings is 1. The molecule has 0 radical (unpaired) electrons. The number of phenols is 1. The van der Waals surface area contributed by atoms with Crippen molar-refractivity contribution < 1.29 is 5.11 Å². The number of phenolic OH excluding ortho intramolecular Hbond substituents is 1. The van der Waals surface area contributed by atoms with E-state index in [1.54, 1.807) is 12.7 Å². The molecule has 0 aliphatic rings. The molecule has 4 nitrogen and oxygen atoms in total. The zero-order chi connectivity index (χ0) is 18.1. The van der Waals surface area contributed by atoms with E-state index >= 15 is 0 Å². The molecule has 1 N–H and O–H groups in total. The van der Waals surface area contributed by atoms with Crippen molar-refractivity contribution in [3.8, 4) is 5.75 Å². The number of nitrogens with zero attached hydrogens (tertiary/aromatic N) is 3. The largest absolute Gasteiger partial charge is 0.507 e. The van der Waals surface area contributed by atoms with Gasteiger partial charge in [0.1, 0.15) is 24.2 Å². The van der Waals surface area contributed by atoms with Gasteiger partial charge in [0.15, 0.2) is 0 Å². The molecule has 1 aromatic heterocycles. The van der Waals surface area contributed by atoms with Crippen LogP contribution in [0.4, 0.5) is 0 Å². The molecular formula is C20H29N3O. The predicted octanol–water partition coefficient (Wildman–Crippen LogP) is 4.71. The van der Waals surface area contributed by atoms with Crippen molar-refractivity contribution in [2.45, 2.75) is 71.6 Å². The quantitative estimate of drug-likeness (QED) is 0.886. The van der Waals surface area contributed by atoms with E-state index in [1.165, 1.54) is 0 Å². The summed E-state index contributed by atoms with van der Waals surface area (Å²) in [6.45, 7) is 14.9. The Morgan fingerprint density at radius 1 is 0.917 bits per heavy atom. The fraction of sp³-hybridized carbons (Fsp3) is 0.550. The summed E-state index contributed by atoms with van der Waals surface area (Å²) < 4.78 is 0. The van der Waals surface area contributed by atoms with E-state index in [0.717, 1.165) is 28.9 Å². The van der Waals surface area contributed by atoms with Crippen LogP contribution in [0.2, 0.25) is 0 Å². The lowest BCUT2D eigenvalue weighted by molar-refractivity contribution is 0.422. The second-order valence-electron chi connectivity index (χ2n) is 8.42. The number of rotatable bonds is 3. The molecule has 1 unspecified atom stereocenters. The van der Waals surface area contributed by atoms with Gasteiger partial charge in [-0.3, -0.25) is 0 Å². The maximum absolute atomic E-state index is 10.9. The van der Waals surface area contributed by atoms with Gasteiger partial charge in [-0.1, -0.05) is 60.6 Å². The lowest BCUT2D eigenvalue weighted by Gasteiger charge is -2.29. The van der Waals surface area contributed by atoms with Gasteiger partial charge < -0.3 is 5.11 Å². The fourth-order valence-electron chi connectivity index (χ4n) is 3.00. The van der Waals surface area contributed by atoms with Crippen LogP contribution in [0.25, 0.3) is 0 Å². The van der Waals surface area contributed by atoms with Crippen LogP contribution in [-0.2, 0) is 10.8 Å². The van der Waals surface area contributed by atoms with Crippen LogP contribution in [0, 0.1) is 0 Å².